The Morgan fingerprint density at radius 2 is 1.67 bits per heavy atom. The van der Waals surface area contributed by atoms with Crippen molar-refractivity contribution in [2.24, 2.45) is 0 Å². The zero-order valence-electron chi connectivity index (χ0n) is 9.98. The third kappa shape index (κ3) is 6.27. The monoisotopic (exact) mass is 302 g/mol. The number of rotatable bonds is 1. The first-order valence-electron chi connectivity index (χ1n) is 4.61. The Bertz CT molecular complexity index is 481. The van der Waals surface area contributed by atoms with Gasteiger partial charge in [-0.25, -0.2) is 8.42 Å². The topological polar surface area (TPSA) is 57.2 Å². The SMILES string of the molecule is Cc1cccc([S+](C)C)c1.O=S(=O)([O-])C(F)(F)F. The Hall–Kier alpha value is -0.730. The van der Waals surface area contributed by atoms with Gasteiger partial charge < -0.3 is 4.55 Å². The minimum atomic E-state index is -6.09. The van der Waals surface area contributed by atoms with Crippen LogP contribution in [0.25, 0.3) is 0 Å². The molecule has 0 aliphatic carbocycles. The summed E-state index contributed by atoms with van der Waals surface area (Å²) in [5.74, 6) is 0. The van der Waals surface area contributed by atoms with Crippen LogP contribution in [0.15, 0.2) is 29.2 Å². The minimum Gasteiger partial charge on any atom is -0.741 e. The standard InChI is InChI=1S/C9H13S.CHF3O3S/c1-8-5-4-6-9(7-8)10(2)3;2-1(3,4)8(5,6)7/h4-7H,1-3H3;(H,5,6,7)/q+1;/p-1. The van der Waals surface area contributed by atoms with Crippen LogP contribution in [0.2, 0.25) is 0 Å². The molecule has 1 aromatic carbocycles. The molecule has 0 N–H and O–H groups in total. The van der Waals surface area contributed by atoms with Crippen LogP contribution in [0.5, 0.6) is 0 Å². The predicted molar refractivity (Wildman–Crippen MR) is 64.4 cm³/mol. The highest BCUT2D eigenvalue weighted by atomic mass is 32.2. The van der Waals surface area contributed by atoms with Crippen LogP contribution >= 0.6 is 0 Å². The zero-order chi connectivity index (χ0) is 14.6. The highest BCUT2D eigenvalue weighted by Crippen LogP contribution is 2.20. The lowest BCUT2D eigenvalue weighted by Gasteiger charge is -2.08. The summed E-state index contributed by atoms with van der Waals surface area (Å²) in [5, 5.41) is 0. The summed E-state index contributed by atoms with van der Waals surface area (Å²) in [7, 11) is -5.68. The normalized spacial score (nSPS) is 12.0. The summed E-state index contributed by atoms with van der Waals surface area (Å²) < 4.78 is 58.9. The van der Waals surface area contributed by atoms with E-state index < -0.39 is 15.6 Å². The molecule has 104 valence electrons. The Morgan fingerprint density at radius 3 is 1.89 bits per heavy atom. The van der Waals surface area contributed by atoms with Crippen molar-refractivity contribution in [3.63, 3.8) is 0 Å². The maximum Gasteiger partial charge on any atom is 0.485 e. The van der Waals surface area contributed by atoms with E-state index >= 15 is 0 Å². The largest absolute Gasteiger partial charge is 0.741 e. The third-order valence-electron chi connectivity index (χ3n) is 1.74. The molecule has 3 nitrogen and oxygen atoms in total. The van der Waals surface area contributed by atoms with E-state index in [1.165, 1.54) is 10.5 Å². The lowest BCUT2D eigenvalue weighted by atomic mass is 10.2. The first-order chi connectivity index (χ1) is 7.95. The Labute approximate surface area is 107 Å². The van der Waals surface area contributed by atoms with Gasteiger partial charge in [-0.3, -0.25) is 0 Å². The fourth-order valence-electron chi connectivity index (χ4n) is 0.869. The molecule has 0 bridgehead atoms. The molecule has 1 aromatic rings. The zero-order valence-corrected chi connectivity index (χ0v) is 11.6. The highest BCUT2D eigenvalue weighted by molar-refractivity contribution is 7.95. The van der Waals surface area contributed by atoms with Crippen LogP contribution < -0.4 is 0 Å². The number of hydrogen-bond acceptors (Lipinski definition) is 3. The molecule has 0 aromatic heterocycles. The summed E-state index contributed by atoms with van der Waals surface area (Å²) in [4.78, 5) is 1.46. The summed E-state index contributed by atoms with van der Waals surface area (Å²) in [5.41, 5.74) is -4.29. The van der Waals surface area contributed by atoms with E-state index in [1.807, 2.05) is 0 Å². The molecule has 0 amide bonds. The van der Waals surface area contributed by atoms with Gasteiger partial charge in [0.05, 0.1) is 0 Å². The predicted octanol–water partition coefficient (Wildman–Crippen LogP) is 2.28. The summed E-state index contributed by atoms with van der Waals surface area (Å²) in [6.07, 6.45) is 4.49. The Balaban J connectivity index is 0.000000331. The summed E-state index contributed by atoms with van der Waals surface area (Å²) >= 11 is 0. The Morgan fingerprint density at radius 1 is 1.22 bits per heavy atom. The molecular formula is C10H13F3O3S2. The molecule has 18 heavy (non-hydrogen) atoms. The molecule has 0 aliphatic rings. The molecule has 0 spiro atoms. The number of alkyl halides is 3. The first-order valence-corrected chi connectivity index (χ1v) is 8.06. The van der Waals surface area contributed by atoms with Gasteiger partial charge >= 0.3 is 5.51 Å². The van der Waals surface area contributed by atoms with E-state index in [2.05, 4.69) is 43.7 Å². The van der Waals surface area contributed by atoms with E-state index in [-0.39, 0.29) is 0 Å². The van der Waals surface area contributed by atoms with E-state index in [1.54, 1.807) is 0 Å². The van der Waals surface area contributed by atoms with Gasteiger partial charge in [0.15, 0.2) is 15.0 Å². The molecule has 0 saturated carbocycles. The Kier molecular flexibility index (Phi) is 6.18. The summed E-state index contributed by atoms with van der Waals surface area (Å²) in [6, 6.07) is 8.70. The van der Waals surface area contributed by atoms with Crippen LogP contribution in [0, 0.1) is 6.92 Å². The number of hydrogen-bond donors (Lipinski definition) is 0. The lowest BCUT2D eigenvalue weighted by Crippen LogP contribution is -2.21. The van der Waals surface area contributed by atoms with E-state index in [9.17, 15) is 13.2 Å². The van der Waals surface area contributed by atoms with Crippen molar-refractivity contribution in [1.29, 1.82) is 0 Å². The van der Waals surface area contributed by atoms with Crippen LogP contribution in [0.4, 0.5) is 13.2 Å². The highest BCUT2D eigenvalue weighted by Gasteiger charge is 2.36. The maximum absolute atomic E-state index is 10.7. The van der Waals surface area contributed by atoms with Crippen LogP contribution in [0.3, 0.4) is 0 Å². The van der Waals surface area contributed by atoms with Crippen LogP contribution in [-0.2, 0) is 21.0 Å². The van der Waals surface area contributed by atoms with Gasteiger partial charge in [0.2, 0.25) is 0 Å². The molecule has 8 heteroatoms. The molecule has 1 rings (SSSR count). The first kappa shape index (κ1) is 17.3. The smallest absolute Gasteiger partial charge is 0.485 e. The second kappa shape index (κ2) is 6.44. The number of halogens is 3. The van der Waals surface area contributed by atoms with Crippen molar-refractivity contribution in [2.75, 3.05) is 12.5 Å². The van der Waals surface area contributed by atoms with Crippen molar-refractivity contribution >= 4 is 21.0 Å². The van der Waals surface area contributed by atoms with E-state index in [0.717, 1.165) is 0 Å². The van der Waals surface area contributed by atoms with Gasteiger partial charge in [0, 0.05) is 10.9 Å². The van der Waals surface area contributed by atoms with Gasteiger partial charge in [0.1, 0.15) is 12.5 Å². The van der Waals surface area contributed by atoms with Gasteiger partial charge in [-0.15, -0.1) is 0 Å². The fourth-order valence-corrected chi connectivity index (χ4v) is 1.64. The van der Waals surface area contributed by atoms with Crippen molar-refractivity contribution < 1.29 is 26.1 Å². The van der Waals surface area contributed by atoms with Crippen molar-refractivity contribution in [3.05, 3.63) is 29.8 Å². The summed E-state index contributed by atoms with van der Waals surface area (Å²) in [6.45, 7) is 2.14. The number of aryl methyl sites for hydroxylation is 1. The van der Waals surface area contributed by atoms with Gasteiger partial charge in [-0.1, -0.05) is 12.1 Å². The quantitative estimate of drug-likeness (QED) is 0.454. The second-order valence-electron chi connectivity index (χ2n) is 3.53. The molecule has 0 fully saturated rings. The molecule has 0 atom stereocenters. The van der Waals surface area contributed by atoms with Crippen molar-refractivity contribution in [2.45, 2.75) is 17.3 Å². The third-order valence-corrected chi connectivity index (χ3v) is 3.51. The van der Waals surface area contributed by atoms with Crippen molar-refractivity contribution in [1.82, 2.24) is 0 Å². The molecular weight excluding hydrogens is 289 g/mol. The molecule has 0 heterocycles. The van der Waals surface area contributed by atoms with Crippen LogP contribution in [0.1, 0.15) is 5.56 Å². The minimum absolute atomic E-state index is 0.411. The van der Waals surface area contributed by atoms with E-state index in [4.69, 9.17) is 13.0 Å². The average Bonchev–Trinajstić information content (AvgIpc) is 2.15. The number of benzene rings is 1. The van der Waals surface area contributed by atoms with E-state index in [0.29, 0.717) is 10.9 Å². The fraction of sp³-hybridized carbons (Fsp3) is 0.400. The lowest BCUT2D eigenvalue weighted by molar-refractivity contribution is -0.0517. The average molecular weight is 302 g/mol. The molecule has 0 unspecified atom stereocenters. The maximum atomic E-state index is 10.7. The van der Waals surface area contributed by atoms with Gasteiger partial charge in [0.25, 0.3) is 0 Å². The molecule has 0 saturated heterocycles. The van der Waals surface area contributed by atoms with Gasteiger partial charge in [-0.05, 0) is 24.6 Å². The van der Waals surface area contributed by atoms with Crippen molar-refractivity contribution in [3.8, 4) is 0 Å². The molecule has 0 aliphatic heterocycles. The second-order valence-corrected chi connectivity index (χ2v) is 7.01. The molecule has 0 radical (unpaired) electrons. The van der Waals surface area contributed by atoms with Crippen LogP contribution in [-0.4, -0.2) is 31.0 Å². The van der Waals surface area contributed by atoms with Gasteiger partial charge in [-0.2, -0.15) is 13.2 Å².